The first-order chi connectivity index (χ1) is 7.67. The number of benzene rings is 1. The maximum Gasteiger partial charge on any atom is 0.342 e. The van der Waals surface area contributed by atoms with E-state index in [0.29, 0.717) is 28.0 Å². The van der Waals surface area contributed by atoms with E-state index in [1.165, 1.54) is 7.11 Å². The fraction of sp³-hybridized carbons (Fsp3) is 0.250. The fourth-order valence-corrected chi connectivity index (χ4v) is 1.68. The summed E-state index contributed by atoms with van der Waals surface area (Å²) in [6.07, 6.45) is 0. The summed E-state index contributed by atoms with van der Waals surface area (Å²) in [5, 5.41) is 0.712. The molecule has 4 heteroatoms. The van der Waals surface area contributed by atoms with E-state index in [2.05, 4.69) is 0 Å². The van der Waals surface area contributed by atoms with Gasteiger partial charge in [0, 0.05) is 5.39 Å². The van der Waals surface area contributed by atoms with Crippen LogP contribution >= 0.6 is 0 Å². The highest BCUT2D eigenvalue weighted by molar-refractivity contribution is 6.04. The molecule has 0 aliphatic carbocycles. The van der Waals surface area contributed by atoms with Crippen LogP contribution in [0.1, 0.15) is 16.1 Å². The molecule has 2 rings (SSSR count). The molecule has 16 heavy (non-hydrogen) atoms. The quantitative estimate of drug-likeness (QED) is 0.730. The molecule has 0 saturated heterocycles. The van der Waals surface area contributed by atoms with E-state index in [4.69, 9.17) is 13.9 Å². The molecule has 0 aliphatic heterocycles. The number of hydrogen-bond donors (Lipinski definition) is 0. The number of fused-ring (bicyclic) bond motifs is 1. The number of carbonyl (C=O) groups is 1. The smallest absolute Gasteiger partial charge is 0.342 e. The van der Waals surface area contributed by atoms with Crippen molar-refractivity contribution < 1.29 is 18.7 Å². The minimum absolute atomic E-state index is 0.399. The molecule has 1 aromatic heterocycles. The third-order valence-corrected chi connectivity index (χ3v) is 2.46. The number of methoxy groups -OCH3 is 2. The van der Waals surface area contributed by atoms with Gasteiger partial charge in [-0.05, 0) is 25.1 Å². The second kappa shape index (κ2) is 3.89. The Kier molecular flexibility index (Phi) is 2.56. The standard InChI is InChI=1S/C12H12O4/c1-7-11(12(13)15-3)9-6-8(14-2)4-5-10(9)16-7/h4-6H,1-3H3. The average Bonchev–Trinajstić information content (AvgIpc) is 2.63. The number of ether oxygens (including phenoxy) is 2. The lowest BCUT2D eigenvalue weighted by molar-refractivity contribution is 0.0601. The van der Waals surface area contributed by atoms with E-state index in [1.807, 2.05) is 0 Å². The first-order valence-corrected chi connectivity index (χ1v) is 4.83. The number of furan rings is 1. The number of rotatable bonds is 2. The second-order valence-corrected chi connectivity index (χ2v) is 3.39. The van der Waals surface area contributed by atoms with Crippen LogP contribution in [0.4, 0.5) is 0 Å². The van der Waals surface area contributed by atoms with Gasteiger partial charge in [0.05, 0.1) is 14.2 Å². The highest BCUT2D eigenvalue weighted by Crippen LogP contribution is 2.29. The normalized spacial score (nSPS) is 10.4. The van der Waals surface area contributed by atoms with Crippen molar-refractivity contribution in [3.05, 3.63) is 29.5 Å². The zero-order valence-electron chi connectivity index (χ0n) is 9.37. The van der Waals surface area contributed by atoms with Gasteiger partial charge in [-0.2, -0.15) is 0 Å². The summed E-state index contributed by atoms with van der Waals surface area (Å²) in [5.41, 5.74) is 1.11. The summed E-state index contributed by atoms with van der Waals surface area (Å²) >= 11 is 0. The molecule has 0 bridgehead atoms. The van der Waals surface area contributed by atoms with Gasteiger partial charge in [-0.25, -0.2) is 4.79 Å². The summed E-state index contributed by atoms with van der Waals surface area (Å²) in [6.45, 7) is 1.73. The van der Waals surface area contributed by atoms with Crippen LogP contribution in [0.2, 0.25) is 0 Å². The SMILES string of the molecule is COC(=O)c1c(C)oc2ccc(OC)cc12. The Bertz CT molecular complexity index is 539. The maximum absolute atomic E-state index is 11.6. The third kappa shape index (κ3) is 1.52. The van der Waals surface area contributed by atoms with Gasteiger partial charge in [0.1, 0.15) is 22.7 Å². The zero-order valence-corrected chi connectivity index (χ0v) is 9.37. The Hall–Kier alpha value is -1.97. The van der Waals surface area contributed by atoms with Crippen LogP contribution in [0.3, 0.4) is 0 Å². The predicted molar refractivity (Wildman–Crippen MR) is 58.8 cm³/mol. The van der Waals surface area contributed by atoms with Crippen LogP contribution in [0.25, 0.3) is 11.0 Å². The molecular weight excluding hydrogens is 208 g/mol. The highest BCUT2D eigenvalue weighted by atomic mass is 16.5. The second-order valence-electron chi connectivity index (χ2n) is 3.39. The van der Waals surface area contributed by atoms with Crippen LogP contribution in [0.5, 0.6) is 5.75 Å². The van der Waals surface area contributed by atoms with Gasteiger partial charge in [0.15, 0.2) is 0 Å². The van der Waals surface area contributed by atoms with Crippen molar-refractivity contribution in [2.75, 3.05) is 14.2 Å². The number of esters is 1. The van der Waals surface area contributed by atoms with Gasteiger partial charge < -0.3 is 13.9 Å². The van der Waals surface area contributed by atoms with E-state index in [0.717, 1.165) is 0 Å². The largest absolute Gasteiger partial charge is 0.497 e. The minimum Gasteiger partial charge on any atom is -0.497 e. The summed E-state index contributed by atoms with van der Waals surface area (Å²) in [7, 11) is 2.92. The summed E-state index contributed by atoms with van der Waals surface area (Å²) in [6, 6.07) is 5.32. The summed E-state index contributed by atoms with van der Waals surface area (Å²) in [4.78, 5) is 11.6. The first-order valence-electron chi connectivity index (χ1n) is 4.83. The lowest BCUT2D eigenvalue weighted by Crippen LogP contribution is -2.01. The topological polar surface area (TPSA) is 48.7 Å². The van der Waals surface area contributed by atoms with E-state index in [1.54, 1.807) is 32.2 Å². The Balaban J connectivity index is 2.70. The van der Waals surface area contributed by atoms with Crippen LogP contribution in [0.15, 0.2) is 22.6 Å². The molecule has 0 radical (unpaired) electrons. The van der Waals surface area contributed by atoms with Gasteiger partial charge in [-0.15, -0.1) is 0 Å². The highest BCUT2D eigenvalue weighted by Gasteiger charge is 2.18. The molecule has 0 saturated carbocycles. The molecule has 0 amide bonds. The van der Waals surface area contributed by atoms with Crippen molar-refractivity contribution >= 4 is 16.9 Å². The molecule has 0 unspecified atom stereocenters. The van der Waals surface area contributed by atoms with Crippen LogP contribution in [0, 0.1) is 6.92 Å². The molecular formula is C12H12O4. The minimum atomic E-state index is -0.399. The van der Waals surface area contributed by atoms with Crippen molar-refractivity contribution in [3.8, 4) is 5.75 Å². The number of aryl methyl sites for hydroxylation is 1. The first kappa shape index (κ1) is 10.5. The monoisotopic (exact) mass is 220 g/mol. The molecule has 0 atom stereocenters. The van der Waals surface area contributed by atoms with Crippen molar-refractivity contribution in [3.63, 3.8) is 0 Å². The molecule has 84 valence electrons. The van der Waals surface area contributed by atoms with Gasteiger partial charge in [0.2, 0.25) is 0 Å². The fourth-order valence-electron chi connectivity index (χ4n) is 1.68. The molecule has 1 heterocycles. The van der Waals surface area contributed by atoms with Crippen LogP contribution < -0.4 is 4.74 Å². The molecule has 0 N–H and O–H groups in total. The number of hydrogen-bond acceptors (Lipinski definition) is 4. The van der Waals surface area contributed by atoms with E-state index in [-0.39, 0.29) is 0 Å². The molecule has 0 fully saturated rings. The molecule has 1 aromatic carbocycles. The Labute approximate surface area is 92.8 Å². The maximum atomic E-state index is 11.6. The van der Waals surface area contributed by atoms with Gasteiger partial charge in [-0.1, -0.05) is 0 Å². The van der Waals surface area contributed by atoms with Crippen LogP contribution in [-0.2, 0) is 4.74 Å². The molecule has 0 spiro atoms. The van der Waals surface area contributed by atoms with Crippen LogP contribution in [-0.4, -0.2) is 20.2 Å². The Morgan fingerprint density at radius 1 is 1.31 bits per heavy atom. The Morgan fingerprint density at radius 2 is 2.06 bits per heavy atom. The van der Waals surface area contributed by atoms with Gasteiger partial charge in [-0.3, -0.25) is 0 Å². The summed E-state index contributed by atoms with van der Waals surface area (Å²) in [5.74, 6) is 0.832. The van der Waals surface area contributed by atoms with Gasteiger partial charge in [0.25, 0.3) is 0 Å². The molecule has 4 nitrogen and oxygen atoms in total. The lowest BCUT2D eigenvalue weighted by Gasteiger charge is -2.00. The predicted octanol–water partition coefficient (Wildman–Crippen LogP) is 2.54. The van der Waals surface area contributed by atoms with Crippen molar-refractivity contribution in [2.45, 2.75) is 6.92 Å². The molecule has 2 aromatic rings. The molecule has 0 aliphatic rings. The van der Waals surface area contributed by atoms with E-state index < -0.39 is 5.97 Å². The lowest BCUT2D eigenvalue weighted by atomic mass is 10.1. The summed E-state index contributed by atoms with van der Waals surface area (Å²) < 4.78 is 15.3. The van der Waals surface area contributed by atoms with Crippen molar-refractivity contribution in [1.29, 1.82) is 0 Å². The average molecular weight is 220 g/mol. The third-order valence-electron chi connectivity index (χ3n) is 2.46. The van der Waals surface area contributed by atoms with Crippen molar-refractivity contribution in [2.24, 2.45) is 0 Å². The number of carbonyl (C=O) groups excluding carboxylic acids is 1. The van der Waals surface area contributed by atoms with E-state index in [9.17, 15) is 4.79 Å². The van der Waals surface area contributed by atoms with Crippen molar-refractivity contribution in [1.82, 2.24) is 0 Å². The Morgan fingerprint density at radius 3 is 2.69 bits per heavy atom. The zero-order chi connectivity index (χ0) is 11.7. The van der Waals surface area contributed by atoms with Gasteiger partial charge >= 0.3 is 5.97 Å². The van der Waals surface area contributed by atoms with E-state index >= 15 is 0 Å².